The Morgan fingerprint density at radius 3 is 2.75 bits per heavy atom. The van der Waals surface area contributed by atoms with Crippen molar-refractivity contribution in [2.24, 2.45) is 0 Å². The quantitative estimate of drug-likeness (QED) is 0.677. The van der Waals surface area contributed by atoms with Crippen LogP contribution in [0, 0.1) is 0 Å². The summed E-state index contributed by atoms with van der Waals surface area (Å²) in [5, 5.41) is 4.49. The molecule has 0 aliphatic carbocycles. The lowest BCUT2D eigenvalue weighted by molar-refractivity contribution is 0.101. The third-order valence-electron chi connectivity index (χ3n) is 3.03. The Bertz CT molecular complexity index is 747. The van der Waals surface area contributed by atoms with Crippen molar-refractivity contribution >= 4 is 16.8 Å². The molecule has 1 aromatic heterocycles. The molecule has 20 heavy (non-hydrogen) atoms. The highest BCUT2D eigenvalue weighted by atomic mass is 16.5. The van der Waals surface area contributed by atoms with Crippen LogP contribution in [0.15, 0.2) is 53.1 Å². The Hall–Kier alpha value is -2.62. The summed E-state index contributed by atoms with van der Waals surface area (Å²) in [7, 11) is 0. The van der Waals surface area contributed by atoms with Crippen molar-refractivity contribution < 1.29 is 14.1 Å². The van der Waals surface area contributed by atoms with E-state index >= 15 is 0 Å². The third kappa shape index (κ3) is 2.40. The number of carbonyl (C=O) groups excluding carboxylic acids is 1. The van der Waals surface area contributed by atoms with Crippen LogP contribution in [0.5, 0.6) is 5.75 Å². The molecular weight excluding hydrogens is 254 g/mol. The van der Waals surface area contributed by atoms with Crippen molar-refractivity contribution in [3.05, 3.63) is 59.8 Å². The molecule has 0 unspecified atom stereocenters. The summed E-state index contributed by atoms with van der Waals surface area (Å²) in [6, 6.07) is 15.3. The molecule has 0 amide bonds. The third-order valence-corrected chi connectivity index (χ3v) is 3.03. The zero-order valence-corrected chi connectivity index (χ0v) is 11.0. The van der Waals surface area contributed by atoms with E-state index < -0.39 is 0 Å². The van der Waals surface area contributed by atoms with Crippen LogP contribution in [0.4, 0.5) is 0 Å². The summed E-state index contributed by atoms with van der Waals surface area (Å²) in [5.74, 6) is 0.578. The Labute approximate surface area is 116 Å². The van der Waals surface area contributed by atoms with Crippen LogP contribution < -0.4 is 4.74 Å². The van der Waals surface area contributed by atoms with E-state index in [9.17, 15) is 4.79 Å². The predicted molar refractivity (Wildman–Crippen MR) is 74.8 cm³/mol. The van der Waals surface area contributed by atoms with Crippen LogP contribution in [0.2, 0.25) is 0 Å². The van der Waals surface area contributed by atoms with Crippen LogP contribution in [0.3, 0.4) is 0 Å². The lowest BCUT2D eigenvalue weighted by Gasteiger charge is -2.05. The van der Waals surface area contributed by atoms with Gasteiger partial charge in [-0.15, -0.1) is 0 Å². The normalized spacial score (nSPS) is 10.7. The van der Waals surface area contributed by atoms with Crippen LogP contribution in [0.25, 0.3) is 11.0 Å². The molecule has 2 aromatic carbocycles. The highest BCUT2D eigenvalue weighted by molar-refractivity contribution is 6.04. The van der Waals surface area contributed by atoms with Crippen molar-refractivity contribution in [1.82, 2.24) is 5.16 Å². The van der Waals surface area contributed by atoms with Crippen molar-refractivity contribution in [1.29, 1.82) is 0 Å². The van der Waals surface area contributed by atoms with Crippen LogP contribution >= 0.6 is 0 Å². The second-order valence-corrected chi connectivity index (χ2v) is 4.52. The van der Waals surface area contributed by atoms with Crippen LogP contribution in [-0.4, -0.2) is 10.9 Å². The lowest BCUT2D eigenvalue weighted by Crippen LogP contribution is -1.95. The lowest BCUT2D eigenvalue weighted by atomic mass is 10.1. The number of rotatable bonds is 4. The van der Waals surface area contributed by atoms with Crippen LogP contribution in [0.1, 0.15) is 23.0 Å². The summed E-state index contributed by atoms with van der Waals surface area (Å²) in [4.78, 5) is 11.4. The highest BCUT2D eigenvalue weighted by Crippen LogP contribution is 2.24. The van der Waals surface area contributed by atoms with E-state index in [1.165, 1.54) is 6.92 Å². The Balaban J connectivity index is 1.81. The molecule has 0 fully saturated rings. The first-order valence-corrected chi connectivity index (χ1v) is 6.31. The molecule has 3 rings (SSSR count). The van der Waals surface area contributed by atoms with E-state index in [-0.39, 0.29) is 5.78 Å². The number of Topliss-reactive ketones (excluding diaryl/α,β-unsaturated/α-hetero) is 1. The maximum atomic E-state index is 11.4. The van der Waals surface area contributed by atoms with Gasteiger partial charge in [0.05, 0.1) is 5.39 Å². The van der Waals surface area contributed by atoms with Gasteiger partial charge in [-0.1, -0.05) is 35.5 Å². The number of carbonyl (C=O) groups is 1. The summed E-state index contributed by atoms with van der Waals surface area (Å²) >= 11 is 0. The zero-order valence-electron chi connectivity index (χ0n) is 11.0. The van der Waals surface area contributed by atoms with E-state index in [1.54, 1.807) is 12.1 Å². The fourth-order valence-electron chi connectivity index (χ4n) is 2.00. The number of benzene rings is 2. The van der Waals surface area contributed by atoms with Gasteiger partial charge < -0.3 is 9.26 Å². The van der Waals surface area contributed by atoms with Gasteiger partial charge in [0.15, 0.2) is 17.1 Å². The molecule has 0 N–H and O–H groups in total. The number of ether oxygens (including phenoxy) is 1. The van der Waals surface area contributed by atoms with Crippen molar-refractivity contribution in [2.75, 3.05) is 0 Å². The molecule has 0 spiro atoms. The Kier molecular flexibility index (Phi) is 3.21. The molecule has 0 aliphatic rings. The largest absolute Gasteiger partial charge is 0.489 e. The summed E-state index contributed by atoms with van der Waals surface area (Å²) in [6.07, 6.45) is 0. The first-order valence-electron chi connectivity index (χ1n) is 6.31. The molecular formula is C16H13NO3. The van der Waals surface area contributed by atoms with Crippen molar-refractivity contribution in [3.63, 3.8) is 0 Å². The van der Waals surface area contributed by atoms with E-state index in [4.69, 9.17) is 9.26 Å². The minimum atomic E-state index is -0.110. The van der Waals surface area contributed by atoms with Gasteiger partial charge in [0.1, 0.15) is 12.4 Å². The highest BCUT2D eigenvalue weighted by Gasteiger charge is 2.12. The van der Waals surface area contributed by atoms with E-state index in [0.29, 0.717) is 29.0 Å². The minimum absolute atomic E-state index is 0.110. The summed E-state index contributed by atoms with van der Waals surface area (Å²) in [6.45, 7) is 1.96. The van der Waals surface area contributed by atoms with Gasteiger partial charge in [-0.05, 0) is 17.7 Å². The number of hydrogen-bond donors (Lipinski definition) is 0. The Morgan fingerprint density at radius 1 is 1.20 bits per heavy atom. The topological polar surface area (TPSA) is 52.3 Å². The van der Waals surface area contributed by atoms with Gasteiger partial charge in [-0.2, -0.15) is 0 Å². The SMILES string of the molecule is CC(=O)c1noc2cc(OCc3ccccc3)ccc12. The number of hydrogen-bond acceptors (Lipinski definition) is 4. The second kappa shape index (κ2) is 5.17. The van der Waals surface area contributed by atoms with Crippen LogP contribution in [-0.2, 0) is 6.61 Å². The predicted octanol–water partition coefficient (Wildman–Crippen LogP) is 3.61. The van der Waals surface area contributed by atoms with Gasteiger partial charge in [0.2, 0.25) is 0 Å². The molecule has 0 bridgehead atoms. The molecule has 3 aromatic rings. The standard InChI is InChI=1S/C16H13NO3/c1-11(18)16-14-8-7-13(9-15(14)20-17-16)19-10-12-5-3-2-4-6-12/h2-9H,10H2,1H3. The first kappa shape index (κ1) is 12.4. The molecule has 100 valence electrons. The Morgan fingerprint density at radius 2 is 2.00 bits per heavy atom. The molecule has 4 heteroatoms. The second-order valence-electron chi connectivity index (χ2n) is 4.52. The number of fused-ring (bicyclic) bond motifs is 1. The number of ketones is 1. The molecule has 0 radical (unpaired) electrons. The molecule has 0 atom stereocenters. The fraction of sp³-hybridized carbons (Fsp3) is 0.125. The molecule has 4 nitrogen and oxygen atoms in total. The first-order chi connectivity index (χ1) is 9.74. The van der Waals surface area contributed by atoms with Crippen molar-refractivity contribution in [3.8, 4) is 5.75 Å². The smallest absolute Gasteiger partial charge is 0.182 e. The molecule has 0 saturated carbocycles. The maximum absolute atomic E-state index is 11.4. The fourth-order valence-corrected chi connectivity index (χ4v) is 2.00. The number of nitrogens with zero attached hydrogens (tertiary/aromatic N) is 1. The average Bonchev–Trinajstić information content (AvgIpc) is 2.89. The zero-order chi connectivity index (χ0) is 13.9. The minimum Gasteiger partial charge on any atom is -0.489 e. The van der Waals surface area contributed by atoms with Crippen molar-refractivity contribution in [2.45, 2.75) is 13.5 Å². The van der Waals surface area contributed by atoms with Gasteiger partial charge in [-0.25, -0.2) is 0 Å². The average molecular weight is 267 g/mol. The monoisotopic (exact) mass is 267 g/mol. The molecule has 0 aliphatic heterocycles. The molecule has 1 heterocycles. The van der Waals surface area contributed by atoms with Gasteiger partial charge in [0, 0.05) is 13.0 Å². The number of aromatic nitrogens is 1. The van der Waals surface area contributed by atoms with E-state index in [0.717, 1.165) is 5.56 Å². The summed E-state index contributed by atoms with van der Waals surface area (Å²) in [5.41, 5.74) is 2.00. The maximum Gasteiger partial charge on any atom is 0.182 e. The van der Waals surface area contributed by atoms with E-state index in [2.05, 4.69) is 5.16 Å². The molecule has 0 saturated heterocycles. The van der Waals surface area contributed by atoms with Gasteiger partial charge >= 0.3 is 0 Å². The van der Waals surface area contributed by atoms with E-state index in [1.807, 2.05) is 36.4 Å². The summed E-state index contributed by atoms with van der Waals surface area (Å²) < 4.78 is 10.8. The van der Waals surface area contributed by atoms with Gasteiger partial charge in [-0.3, -0.25) is 4.79 Å². The van der Waals surface area contributed by atoms with Gasteiger partial charge in [0.25, 0.3) is 0 Å².